The molecule has 2 aromatic carbocycles. The van der Waals surface area contributed by atoms with E-state index in [0.29, 0.717) is 11.6 Å². The Bertz CT molecular complexity index is 572. The van der Waals surface area contributed by atoms with Crippen LogP contribution in [0.2, 0.25) is 5.02 Å². The molecule has 2 nitrogen and oxygen atoms in total. The molecule has 0 aliphatic heterocycles. The Morgan fingerprint density at radius 3 is 2.79 bits per heavy atom. The first-order valence-electron chi connectivity index (χ1n) is 5.97. The molecule has 4 heteroatoms. The van der Waals surface area contributed by atoms with E-state index in [2.05, 4.69) is 15.9 Å². The van der Waals surface area contributed by atoms with Gasteiger partial charge >= 0.3 is 0 Å². The summed E-state index contributed by atoms with van der Waals surface area (Å²) < 4.78 is 6.26. The molecule has 0 aliphatic carbocycles. The highest BCUT2D eigenvalue weighted by Crippen LogP contribution is 2.32. The molecule has 1 atom stereocenters. The van der Waals surface area contributed by atoms with Gasteiger partial charge in [0.1, 0.15) is 11.9 Å². The molecule has 1 N–H and O–H groups in total. The molecular formula is C15H14BrClO2. The molecule has 0 radical (unpaired) electrons. The van der Waals surface area contributed by atoms with Crippen molar-refractivity contribution < 1.29 is 9.84 Å². The third-order valence-corrected chi connectivity index (χ3v) is 3.69. The van der Waals surface area contributed by atoms with Gasteiger partial charge in [0, 0.05) is 15.1 Å². The number of hydrogen-bond acceptors (Lipinski definition) is 2. The van der Waals surface area contributed by atoms with Crippen molar-refractivity contribution in [2.24, 2.45) is 0 Å². The van der Waals surface area contributed by atoms with Crippen molar-refractivity contribution in [3.8, 4) is 5.75 Å². The zero-order valence-corrected chi connectivity index (χ0v) is 12.8. The number of benzene rings is 2. The zero-order chi connectivity index (χ0) is 13.8. The molecule has 19 heavy (non-hydrogen) atoms. The minimum Gasteiger partial charge on any atom is -0.494 e. The van der Waals surface area contributed by atoms with Crippen molar-refractivity contribution in [1.29, 1.82) is 0 Å². The summed E-state index contributed by atoms with van der Waals surface area (Å²) in [5, 5.41) is 11.0. The third kappa shape index (κ3) is 3.50. The predicted molar refractivity (Wildman–Crippen MR) is 80.8 cm³/mol. The van der Waals surface area contributed by atoms with E-state index < -0.39 is 6.10 Å². The van der Waals surface area contributed by atoms with E-state index in [1.54, 1.807) is 12.1 Å². The largest absolute Gasteiger partial charge is 0.494 e. The number of hydrogen-bond donors (Lipinski definition) is 1. The highest BCUT2D eigenvalue weighted by molar-refractivity contribution is 9.10. The normalized spacial score (nSPS) is 12.2. The number of ether oxygens (including phenoxy) is 1. The van der Waals surface area contributed by atoms with Gasteiger partial charge in [0.05, 0.1) is 6.61 Å². The van der Waals surface area contributed by atoms with Gasteiger partial charge in [-0.25, -0.2) is 0 Å². The second-order valence-electron chi connectivity index (χ2n) is 4.07. The molecule has 0 saturated heterocycles. The van der Waals surface area contributed by atoms with Gasteiger partial charge in [-0.15, -0.1) is 0 Å². The summed E-state index contributed by atoms with van der Waals surface area (Å²) >= 11 is 9.40. The molecule has 0 heterocycles. The summed E-state index contributed by atoms with van der Waals surface area (Å²) in [6.07, 6.45) is -0.742. The van der Waals surface area contributed by atoms with E-state index in [1.807, 2.05) is 37.3 Å². The van der Waals surface area contributed by atoms with E-state index in [9.17, 15) is 5.11 Å². The molecule has 0 fully saturated rings. The van der Waals surface area contributed by atoms with Gasteiger partial charge in [-0.2, -0.15) is 0 Å². The monoisotopic (exact) mass is 340 g/mol. The van der Waals surface area contributed by atoms with Crippen molar-refractivity contribution in [2.45, 2.75) is 13.0 Å². The van der Waals surface area contributed by atoms with Crippen LogP contribution in [0.1, 0.15) is 24.2 Å². The van der Waals surface area contributed by atoms with Gasteiger partial charge in [-0.05, 0) is 42.8 Å². The quantitative estimate of drug-likeness (QED) is 0.882. The zero-order valence-electron chi connectivity index (χ0n) is 10.4. The van der Waals surface area contributed by atoms with Gasteiger partial charge in [0.2, 0.25) is 0 Å². The van der Waals surface area contributed by atoms with Gasteiger partial charge in [0.15, 0.2) is 0 Å². The van der Waals surface area contributed by atoms with Crippen molar-refractivity contribution in [2.75, 3.05) is 6.61 Å². The second kappa shape index (κ2) is 6.42. The smallest absolute Gasteiger partial charge is 0.119 e. The van der Waals surface area contributed by atoms with Crippen LogP contribution in [0.5, 0.6) is 5.75 Å². The van der Waals surface area contributed by atoms with Gasteiger partial charge in [-0.1, -0.05) is 39.7 Å². The molecule has 0 aliphatic rings. The topological polar surface area (TPSA) is 29.5 Å². The van der Waals surface area contributed by atoms with Crippen LogP contribution < -0.4 is 4.74 Å². The molecule has 2 aromatic rings. The Morgan fingerprint density at radius 1 is 1.26 bits per heavy atom. The fraction of sp³-hybridized carbons (Fsp3) is 0.200. The average Bonchev–Trinajstić information content (AvgIpc) is 2.41. The maximum Gasteiger partial charge on any atom is 0.119 e. The Morgan fingerprint density at radius 2 is 2.05 bits per heavy atom. The number of aliphatic hydroxyl groups excluding tert-OH is 1. The van der Waals surface area contributed by atoms with E-state index >= 15 is 0 Å². The minimum atomic E-state index is -0.742. The number of aliphatic hydroxyl groups is 1. The van der Waals surface area contributed by atoms with E-state index in [0.717, 1.165) is 21.3 Å². The molecular weight excluding hydrogens is 328 g/mol. The lowest BCUT2D eigenvalue weighted by Crippen LogP contribution is -2.01. The molecule has 100 valence electrons. The molecule has 0 aromatic heterocycles. The van der Waals surface area contributed by atoms with Crippen molar-refractivity contribution in [3.05, 3.63) is 63.1 Å². The molecule has 1 unspecified atom stereocenters. The van der Waals surface area contributed by atoms with Crippen LogP contribution in [-0.2, 0) is 0 Å². The number of halogens is 2. The summed E-state index contributed by atoms with van der Waals surface area (Å²) in [5.74, 6) is 0.747. The van der Waals surface area contributed by atoms with Gasteiger partial charge < -0.3 is 9.84 Å². The summed E-state index contributed by atoms with van der Waals surface area (Å²) in [7, 11) is 0. The van der Waals surface area contributed by atoms with Crippen molar-refractivity contribution >= 4 is 27.5 Å². The number of rotatable bonds is 4. The summed E-state index contributed by atoms with van der Waals surface area (Å²) in [6.45, 7) is 2.52. The second-order valence-corrected chi connectivity index (χ2v) is 5.36. The van der Waals surface area contributed by atoms with Crippen LogP contribution in [0.4, 0.5) is 0 Å². The first-order chi connectivity index (χ1) is 9.11. The first kappa shape index (κ1) is 14.4. The average molecular weight is 342 g/mol. The van der Waals surface area contributed by atoms with Gasteiger partial charge in [0.25, 0.3) is 0 Å². The van der Waals surface area contributed by atoms with Crippen LogP contribution in [0.3, 0.4) is 0 Å². The highest BCUT2D eigenvalue weighted by atomic mass is 79.9. The lowest BCUT2D eigenvalue weighted by Gasteiger charge is -2.15. The maximum absolute atomic E-state index is 10.4. The highest BCUT2D eigenvalue weighted by Gasteiger charge is 2.14. The summed E-state index contributed by atoms with van der Waals surface area (Å²) in [6, 6.07) is 12.8. The molecule has 2 rings (SSSR count). The first-order valence-corrected chi connectivity index (χ1v) is 7.14. The van der Waals surface area contributed by atoms with Crippen LogP contribution in [0.25, 0.3) is 0 Å². The minimum absolute atomic E-state index is 0.596. The molecule has 0 bridgehead atoms. The molecule has 0 saturated carbocycles. The van der Waals surface area contributed by atoms with E-state index in [1.165, 1.54) is 0 Å². The predicted octanol–water partition coefficient (Wildman–Crippen LogP) is 4.58. The van der Waals surface area contributed by atoms with Crippen molar-refractivity contribution in [3.63, 3.8) is 0 Å². The van der Waals surface area contributed by atoms with Gasteiger partial charge in [-0.3, -0.25) is 0 Å². The summed E-state index contributed by atoms with van der Waals surface area (Å²) in [4.78, 5) is 0. The van der Waals surface area contributed by atoms with Crippen LogP contribution in [0.15, 0.2) is 46.9 Å². The van der Waals surface area contributed by atoms with Crippen molar-refractivity contribution in [1.82, 2.24) is 0 Å². The van der Waals surface area contributed by atoms with E-state index in [4.69, 9.17) is 16.3 Å². The van der Waals surface area contributed by atoms with Crippen LogP contribution >= 0.6 is 27.5 Å². The Labute approximate surface area is 126 Å². The maximum atomic E-state index is 10.4. The summed E-state index contributed by atoms with van der Waals surface area (Å²) in [5.41, 5.74) is 1.51. The van der Waals surface area contributed by atoms with E-state index in [-0.39, 0.29) is 0 Å². The Balaban J connectivity index is 2.35. The standard InChI is InChI=1S/C15H14BrClO2/c1-2-19-12-5-3-4-10(8-12)15(18)13-9-11(17)6-7-14(13)16/h3-9,15,18H,2H2,1H3. The Hall–Kier alpha value is -1.03. The fourth-order valence-corrected chi connectivity index (χ4v) is 2.49. The van der Waals surface area contributed by atoms with Crippen LogP contribution in [-0.4, -0.2) is 11.7 Å². The molecule has 0 amide bonds. The lowest BCUT2D eigenvalue weighted by molar-refractivity contribution is 0.218. The van der Waals surface area contributed by atoms with Crippen LogP contribution in [0, 0.1) is 0 Å². The fourth-order valence-electron chi connectivity index (χ4n) is 1.84. The lowest BCUT2D eigenvalue weighted by atomic mass is 10.0. The Kier molecular flexibility index (Phi) is 4.86. The molecule has 0 spiro atoms. The SMILES string of the molecule is CCOc1cccc(C(O)c2cc(Cl)ccc2Br)c1. The third-order valence-electron chi connectivity index (χ3n) is 2.74.